The summed E-state index contributed by atoms with van der Waals surface area (Å²) >= 11 is 0. The number of amides is 1. The number of hydrogen-bond acceptors (Lipinski definition) is 4. The van der Waals surface area contributed by atoms with E-state index in [1.165, 1.54) is 26.2 Å². The fraction of sp³-hybridized carbons (Fsp3) is 0.929. The molecule has 0 radical (unpaired) electrons. The Hall–Kier alpha value is 0.220. The Morgan fingerprint density at radius 3 is 2.09 bits per heavy atom. The van der Waals surface area contributed by atoms with Crippen LogP contribution in [0, 0.1) is 0 Å². The van der Waals surface area contributed by atoms with Crippen molar-refractivity contribution < 1.29 is 4.79 Å². The summed E-state index contributed by atoms with van der Waals surface area (Å²) in [7, 11) is 1.91. The maximum Gasteiger partial charge on any atom is 0.220 e. The average Bonchev–Trinajstić information content (AvgIpc) is 2.44. The highest BCUT2D eigenvalue weighted by Crippen LogP contribution is 2.01. The molecule has 0 unspecified atom stereocenters. The van der Waals surface area contributed by atoms with E-state index >= 15 is 0 Å². The molecule has 0 bridgehead atoms. The Kier molecular flexibility index (Phi) is 21.6. The monoisotopic (exact) mass is 378 g/mol. The lowest BCUT2D eigenvalue weighted by molar-refractivity contribution is -0.121. The first-order valence-electron chi connectivity index (χ1n) is 7.62. The van der Waals surface area contributed by atoms with Crippen molar-refractivity contribution in [2.24, 2.45) is 0 Å². The van der Waals surface area contributed by atoms with Gasteiger partial charge in [-0.1, -0.05) is 6.92 Å². The second-order valence-electron chi connectivity index (χ2n) is 5.19. The molecular weight excluding hydrogens is 347 g/mol. The van der Waals surface area contributed by atoms with Crippen LogP contribution in [0.2, 0.25) is 0 Å². The molecule has 1 heterocycles. The van der Waals surface area contributed by atoms with Gasteiger partial charge < -0.3 is 20.4 Å². The molecular formula is C14H33Cl3N4O. The Bertz CT molecular complexity index is 252. The lowest BCUT2D eigenvalue weighted by Gasteiger charge is -2.33. The van der Waals surface area contributed by atoms with Gasteiger partial charge in [0.1, 0.15) is 0 Å². The predicted molar refractivity (Wildman–Crippen MR) is 101 cm³/mol. The summed E-state index contributed by atoms with van der Waals surface area (Å²) in [5.41, 5.74) is 0. The van der Waals surface area contributed by atoms with E-state index in [-0.39, 0.29) is 43.1 Å². The number of hydrogen-bond donors (Lipinski definition) is 2. The van der Waals surface area contributed by atoms with Crippen LogP contribution in [-0.2, 0) is 4.79 Å². The van der Waals surface area contributed by atoms with Crippen molar-refractivity contribution >= 4 is 43.1 Å². The third-order valence-electron chi connectivity index (χ3n) is 3.72. The number of likely N-dealkylation sites (N-methyl/N-ethyl adjacent to an activating group) is 1. The van der Waals surface area contributed by atoms with Gasteiger partial charge in [0.15, 0.2) is 0 Å². The van der Waals surface area contributed by atoms with E-state index in [1.54, 1.807) is 0 Å². The van der Waals surface area contributed by atoms with Crippen LogP contribution >= 0.6 is 37.2 Å². The summed E-state index contributed by atoms with van der Waals surface area (Å²) in [5, 5.41) is 6.05. The number of nitrogens with zero attached hydrogens (tertiary/aromatic N) is 2. The molecule has 1 amide bonds. The first-order valence-corrected chi connectivity index (χ1v) is 7.62. The van der Waals surface area contributed by atoms with Crippen molar-refractivity contribution in [2.45, 2.75) is 26.2 Å². The fourth-order valence-electron chi connectivity index (χ4n) is 2.37. The summed E-state index contributed by atoms with van der Waals surface area (Å²) in [6.07, 6.45) is 2.61. The molecule has 1 rings (SSSR count). The van der Waals surface area contributed by atoms with E-state index in [1.807, 2.05) is 7.05 Å². The minimum absolute atomic E-state index is 0. The van der Waals surface area contributed by atoms with Crippen LogP contribution in [0.25, 0.3) is 0 Å². The molecule has 22 heavy (non-hydrogen) atoms. The van der Waals surface area contributed by atoms with E-state index in [4.69, 9.17) is 0 Å². The molecule has 2 N–H and O–H groups in total. The van der Waals surface area contributed by atoms with E-state index in [0.717, 1.165) is 39.0 Å². The Morgan fingerprint density at radius 2 is 1.55 bits per heavy atom. The van der Waals surface area contributed by atoms with Gasteiger partial charge in [-0.15, -0.1) is 37.2 Å². The van der Waals surface area contributed by atoms with Gasteiger partial charge >= 0.3 is 0 Å². The molecule has 1 fully saturated rings. The maximum atomic E-state index is 11.5. The van der Waals surface area contributed by atoms with E-state index in [0.29, 0.717) is 6.42 Å². The lowest BCUT2D eigenvalue weighted by Crippen LogP contribution is -2.46. The van der Waals surface area contributed by atoms with Gasteiger partial charge in [-0.2, -0.15) is 0 Å². The first-order chi connectivity index (χ1) is 9.26. The zero-order valence-corrected chi connectivity index (χ0v) is 16.3. The van der Waals surface area contributed by atoms with Crippen LogP contribution in [0.15, 0.2) is 0 Å². The summed E-state index contributed by atoms with van der Waals surface area (Å²) in [4.78, 5) is 16.5. The highest BCUT2D eigenvalue weighted by Gasteiger charge is 2.14. The maximum absolute atomic E-state index is 11.5. The van der Waals surface area contributed by atoms with Crippen LogP contribution in [0.5, 0.6) is 0 Å². The minimum atomic E-state index is 0. The Balaban J connectivity index is -0.00000120. The van der Waals surface area contributed by atoms with Gasteiger partial charge in [0, 0.05) is 39.1 Å². The predicted octanol–water partition coefficient (Wildman–Crippen LogP) is 1.40. The fourth-order valence-corrected chi connectivity index (χ4v) is 2.37. The van der Waals surface area contributed by atoms with Crippen LogP contribution in [0.1, 0.15) is 26.2 Å². The van der Waals surface area contributed by atoms with Crippen molar-refractivity contribution in [2.75, 3.05) is 59.4 Å². The topological polar surface area (TPSA) is 47.6 Å². The zero-order chi connectivity index (χ0) is 13.9. The van der Waals surface area contributed by atoms with E-state index < -0.39 is 0 Å². The summed E-state index contributed by atoms with van der Waals surface area (Å²) in [6, 6.07) is 0. The van der Waals surface area contributed by atoms with Gasteiger partial charge in [-0.05, 0) is 39.5 Å². The van der Waals surface area contributed by atoms with Gasteiger partial charge in [-0.3, -0.25) is 4.79 Å². The smallest absolute Gasteiger partial charge is 0.220 e. The Labute approximate surface area is 154 Å². The van der Waals surface area contributed by atoms with Crippen molar-refractivity contribution in [1.82, 2.24) is 20.4 Å². The highest BCUT2D eigenvalue weighted by molar-refractivity contribution is 5.86. The minimum Gasteiger partial charge on any atom is -0.356 e. The van der Waals surface area contributed by atoms with Crippen LogP contribution in [0.4, 0.5) is 0 Å². The van der Waals surface area contributed by atoms with Gasteiger partial charge in [-0.25, -0.2) is 0 Å². The molecule has 0 aromatic heterocycles. The summed E-state index contributed by atoms with van der Waals surface area (Å²) in [5.74, 6) is 0.186. The standard InChI is InChI=1S/C14H30N4O.3ClH/c1-3-17-10-12-18(13-11-17)9-5-8-16-14(19)6-4-7-15-2;;;/h15H,3-13H2,1-2H3,(H,16,19);3*1H. The SMILES string of the molecule is CCN1CCN(CCCNC(=O)CCCNC)CC1.Cl.Cl.Cl. The molecule has 0 aliphatic carbocycles. The van der Waals surface area contributed by atoms with Gasteiger partial charge in [0.25, 0.3) is 0 Å². The van der Waals surface area contributed by atoms with Crippen LogP contribution in [-0.4, -0.2) is 75.1 Å². The molecule has 0 aromatic carbocycles. The molecule has 1 aliphatic rings. The molecule has 136 valence electrons. The third-order valence-corrected chi connectivity index (χ3v) is 3.72. The van der Waals surface area contributed by atoms with E-state index in [2.05, 4.69) is 27.4 Å². The third kappa shape index (κ3) is 12.7. The van der Waals surface area contributed by atoms with E-state index in [9.17, 15) is 4.79 Å². The number of nitrogens with one attached hydrogen (secondary N) is 2. The van der Waals surface area contributed by atoms with Crippen molar-refractivity contribution in [3.05, 3.63) is 0 Å². The number of rotatable bonds is 9. The van der Waals surface area contributed by atoms with Crippen molar-refractivity contribution in [3.8, 4) is 0 Å². The summed E-state index contributed by atoms with van der Waals surface area (Å²) < 4.78 is 0. The lowest BCUT2D eigenvalue weighted by atomic mass is 10.2. The van der Waals surface area contributed by atoms with Crippen LogP contribution < -0.4 is 10.6 Å². The quantitative estimate of drug-likeness (QED) is 0.594. The molecule has 8 heteroatoms. The van der Waals surface area contributed by atoms with Crippen molar-refractivity contribution in [1.29, 1.82) is 0 Å². The van der Waals surface area contributed by atoms with Crippen molar-refractivity contribution in [3.63, 3.8) is 0 Å². The second-order valence-corrected chi connectivity index (χ2v) is 5.19. The molecule has 1 aliphatic heterocycles. The molecule has 0 saturated carbocycles. The molecule has 0 aromatic rings. The Morgan fingerprint density at radius 1 is 0.955 bits per heavy atom. The number of carbonyl (C=O) groups excluding carboxylic acids is 1. The van der Waals surface area contributed by atoms with Gasteiger partial charge in [0.2, 0.25) is 5.91 Å². The van der Waals surface area contributed by atoms with Crippen LogP contribution in [0.3, 0.4) is 0 Å². The normalized spacial score (nSPS) is 15.2. The largest absolute Gasteiger partial charge is 0.356 e. The second kappa shape index (κ2) is 17.6. The number of halogens is 3. The molecule has 0 atom stereocenters. The summed E-state index contributed by atoms with van der Waals surface area (Å²) in [6.45, 7) is 10.9. The molecule has 1 saturated heterocycles. The molecule has 5 nitrogen and oxygen atoms in total. The number of carbonyl (C=O) groups is 1. The zero-order valence-electron chi connectivity index (χ0n) is 13.8. The number of piperazine rings is 1. The average molecular weight is 380 g/mol. The first kappa shape index (κ1) is 27.1. The highest BCUT2D eigenvalue weighted by atomic mass is 35.5. The molecule has 0 spiro atoms. The van der Waals surface area contributed by atoms with Gasteiger partial charge in [0.05, 0.1) is 0 Å².